The molecule has 0 aliphatic heterocycles. The Bertz CT molecular complexity index is 341. The number of rotatable bonds is 7. The molecule has 1 aromatic carbocycles. The highest BCUT2D eigenvalue weighted by Gasteiger charge is 2.02. The normalized spacial score (nSPS) is 12.5. The minimum atomic E-state index is -0.212. The van der Waals surface area contributed by atoms with Gasteiger partial charge in [0.05, 0.1) is 6.61 Å². The lowest BCUT2D eigenvalue weighted by molar-refractivity contribution is 0.296. The van der Waals surface area contributed by atoms with E-state index in [4.69, 9.17) is 4.74 Å². The van der Waals surface area contributed by atoms with Gasteiger partial charge in [-0.1, -0.05) is 6.92 Å². The van der Waals surface area contributed by atoms with E-state index in [1.54, 1.807) is 6.07 Å². The van der Waals surface area contributed by atoms with Gasteiger partial charge in [-0.25, -0.2) is 4.39 Å². The fraction of sp³-hybridized carbons (Fsp3) is 0.571. The van der Waals surface area contributed by atoms with Crippen LogP contribution in [0.3, 0.4) is 0 Å². The number of hydrogen-bond donors (Lipinski definition) is 1. The van der Waals surface area contributed by atoms with E-state index in [2.05, 4.69) is 19.2 Å². The summed E-state index contributed by atoms with van der Waals surface area (Å²) < 4.78 is 18.5. The number of ether oxygens (including phenoxy) is 1. The lowest BCUT2D eigenvalue weighted by Gasteiger charge is -2.13. The quantitative estimate of drug-likeness (QED) is 0.737. The Morgan fingerprint density at radius 3 is 2.82 bits per heavy atom. The van der Waals surface area contributed by atoms with Gasteiger partial charge in [-0.2, -0.15) is 0 Å². The number of benzene rings is 1. The summed E-state index contributed by atoms with van der Waals surface area (Å²) in [5, 5.41) is 3.36. The molecule has 0 aliphatic rings. The molecule has 0 saturated carbocycles. The van der Waals surface area contributed by atoms with Crippen LogP contribution in [0.4, 0.5) is 4.39 Å². The van der Waals surface area contributed by atoms with Crippen LogP contribution in [-0.2, 0) is 0 Å². The maximum absolute atomic E-state index is 12.9. The van der Waals surface area contributed by atoms with Gasteiger partial charge in [0.2, 0.25) is 0 Å². The molecule has 1 rings (SSSR count). The molecule has 0 aromatic heterocycles. The molecule has 0 heterocycles. The van der Waals surface area contributed by atoms with Crippen LogP contribution in [0, 0.1) is 12.7 Å². The Morgan fingerprint density at radius 2 is 2.18 bits per heavy atom. The molecule has 17 heavy (non-hydrogen) atoms. The summed E-state index contributed by atoms with van der Waals surface area (Å²) in [4.78, 5) is 0. The molecule has 96 valence electrons. The fourth-order valence-corrected chi connectivity index (χ4v) is 1.80. The molecule has 1 unspecified atom stereocenters. The minimum Gasteiger partial charge on any atom is -0.493 e. The molecule has 0 spiro atoms. The molecular weight excluding hydrogens is 217 g/mol. The third kappa shape index (κ3) is 5.18. The SMILES string of the molecule is CCNC(C)CCCOc1ccc(F)cc1C. The average molecular weight is 239 g/mol. The van der Waals surface area contributed by atoms with Crippen LogP contribution >= 0.6 is 0 Å². The van der Waals surface area contributed by atoms with Crippen LogP contribution in [0.1, 0.15) is 32.3 Å². The zero-order valence-corrected chi connectivity index (χ0v) is 10.9. The Hall–Kier alpha value is -1.09. The highest BCUT2D eigenvalue weighted by Crippen LogP contribution is 2.18. The Morgan fingerprint density at radius 1 is 1.41 bits per heavy atom. The van der Waals surface area contributed by atoms with Crippen molar-refractivity contribution in [3.63, 3.8) is 0 Å². The van der Waals surface area contributed by atoms with Gasteiger partial charge in [-0.05, 0) is 57.0 Å². The first kappa shape index (κ1) is 14.0. The summed E-state index contributed by atoms with van der Waals surface area (Å²) in [5.41, 5.74) is 0.852. The lowest BCUT2D eigenvalue weighted by Crippen LogP contribution is -2.25. The molecule has 1 atom stereocenters. The van der Waals surface area contributed by atoms with Gasteiger partial charge in [-0.3, -0.25) is 0 Å². The number of hydrogen-bond acceptors (Lipinski definition) is 2. The summed E-state index contributed by atoms with van der Waals surface area (Å²) >= 11 is 0. The standard InChI is InChI=1S/C14H22FNO/c1-4-16-12(3)6-5-9-17-14-8-7-13(15)10-11(14)2/h7-8,10,12,16H,4-6,9H2,1-3H3. The van der Waals surface area contributed by atoms with E-state index in [1.807, 2.05) is 6.92 Å². The molecule has 3 heteroatoms. The Balaban J connectivity index is 2.26. The van der Waals surface area contributed by atoms with Crippen LogP contribution in [0.2, 0.25) is 0 Å². The highest BCUT2D eigenvalue weighted by molar-refractivity contribution is 5.32. The van der Waals surface area contributed by atoms with Gasteiger partial charge in [-0.15, -0.1) is 0 Å². The minimum absolute atomic E-state index is 0.212. The van der Waals surface area contributed by atoms with Crippen molar-refractivity contribution in [2.45, 2.75) is 39.7 Å². The lowest BCUT2D eigenvalue weighted by atomic mass is 10.2. The average Bonchev–Trinajstić information content (AvgIpc) is 2.27. The van der Waals surface area contributed by atoms with Crippen molar-refractivity contribution in [2.75, 3.05) is 13.2 Å². The molecule has 1 N–H and O–H groups in total. The maximum Gasteiger partial charge on any atom is 0.123 e. The van der Waals surface area contributed by atoms with E-state index in [0.717, 1.165) is 30.7 Å². The molecule has 0 amide bonds. The Labute approximate surface area is 103 Å². The van der Waals surface area contributed by atoms with Gasteiger partial charge in [0.15, 0.2) is 0 Å². The first-order valence-electron chi connectivity index (χ1n) is 6.25. The summed E-state index contributed by atoms with van der Waals surface area (Å²) in [7, 11) is 0. The fourth-order valence-electron chi connectivity index (χ4n) is 1.80. The Kier molecular flexibility index (Phi) is 5.98. The predicted molar refractivity (Wildman–Crippen MR) is 69.0 cm³/mol. The summed E-state index contributed by atoms with van der Waals surface area (Å²) in [5.74, 6) is 0.568. The topological polar surface area (TPSA) is 21.3 Å². The second kappa shape index (κ2) is 7.28. The van der Waals surface area contributed by atoms with E-state index in [0.29, 0.717) is 12.6 Å². The predicted octanol–water partition coefficient (Wildman–Crippen LogP) is 3.29. The molecule has 0 fully saturated rings. The van der Waals surface area contributed by atoms with E-state index in [1.165, 1.54) is 12.1 Å². The number of nitrogens with one attached hydrogen (secondary N) is 1. The first-order chi connectivity index (χ1) is 8.13. The van der Waals surface area contributed by atoms with Crippen LogP contribution in [0.25, 0.3) is 0 Å². The third-order valence-corrected chi connectivity index (χ3v) is 2.73. The molecule has 0 bridgehead atoms. The smallest absolute Gasteiger partial charge is 0.123 e. The zero-order valence-electron chi connectivity index (χ0n) is 10.9. The largest absolute Gasteiger partial charge is 0.493 e. The van der Waals surface area contributed by atoms with Gasteiger partial charge in [0.25, 0.3) is 0 Å². The second-order valence-corrected chi connectivity index (χ2v) is 4.36. The summed E-state index contributed by atoms with van der Waals surface area (Å²) in [6.45, 7) is 7.82. The van der Waals surface area contributed by atoms with Crippen molar-refractivity contribution < 1.29 is 9.13 Å². The van der Waals surface area contributed by atoms with E-state index >= 15 is 0 Å². The van der Waals surface area contributed by atoms with Gasteiger partial charge in [0.1, 0.15) is 11.6 Å². The second-order valence-electron chi connectivity index (χ2n) is 4.36. The molecular formula is C14H22FNO. The highest BCUT2D eigenvalue weighted by atomic mass is 19.1. The van der Waals surface area contributed by atoms with Crippen molar-refractivity contribution >= 4 is 0 Å². The molecule has 1 aromatic rings. The van der Waals surface area contributed by atoms with Gasteiger partial charge >= 0.3 is 0 Å². The van der Waals surface area contributed by atoms with Gasteiger partial charge in [0, 0.05) is 6.04 Å². The van der Waals surface area contributed by atoms with Gasteiger partial charge < -0.3 is 10.1 Å². The third-order valence-electron chi connectivity index (χ3n) is 2.73. The number of aryl methyl sites for hydroxylation is 1. The monoisotopic (exact) mass is 239 g/mol. The van der Waals surface area contributed by atoms with Crippen LogP contribution in [-0.4, -0.2) is 19.2 Å². The van der Waals surface area contributed by atoms with Crippen LogP contribution in [0.5, 0.6) is 5.75 Å². The van der Waals surface area contributed by atoms with Crippen LogP contribution in [0.15, 0.2) is 18.2 Å². The molecule has 0 saturated heterocycles. The van der Waals surface area contributed by atoms with Crippen molar-refractivity contribution in [2.24, 2.45) is 0 Å². The molecule has 0 radical (unpaired) electrons. The maximum atomic E-state index is 12.9. The molecule has 2 nitrogen and oxygen atoms in total. The van der Waals surface area contributed by atoms with E-state index in [9.17, 15) is 4.39 Å². The first-order valence-corrected chi connectivity index (χ1v) is 6.25. The van der Waals surface area contributed by atoms with Crippen molar-refractivity contribution in [3.8, 4) is 5.75 Å². The van der Waals surface area contributed by atoms with Crippen LogP contribution < -0.4 is 10.1 Å². The van der Waals surface area contributed by atoms with Crippen molar-refractivity contribution in [3.05, 3.63) is 29.6 Å². The summed E-state index contributed by atoms with van der Waals surface area (Å²) in [6, 6.07) is 5.15. The summed E-state index contributed by atoms with van der Waals surface area (Å²) in [6.07, 6.45) is 2.10. The van der Waals surface area contributed by atoms with E-state index in [-0.39, 0.29) is 5.82 Å². The zero-order chi connectivity index (χ0) is 12.7. The number of halogens is 1. The molecule has 0 aliphatic carbocycles. The van der Waals surface area contributed by atoms with Crippen molar-refractivity contribution in [1.29, 1.82) is 0 Å². The van der Waals surface area contributed by atoms with E-state index < -0.39 is 0 Å². The van der Waals surface area contributed by atoms with Crippen molar-refractivity contribution in [1.82, 2.24) is 5.32 Å².